The molecule has 2 saturated carbocycles. The van der Waals surface area contributed by atoms with Crippen molar-refractivity contribution in [2.75, 3.05) is 6.61 Å². The third-order valence-corrected chi connectivity index (χ3v) is 7.62. The smallest absolute Gasteiger partial charge is 0.335 e. The third-order valence-electron chi connectivity index (χ3n) is 7.62. The second-order valence-electron chi connectivity index (χ2n) is 9.80. The Hall–Kier alpha value is -2.50. The number of hydrogen-bond donors (Lipinski definition) is 2. The van der Waals surface area contributed by atoms with Gasteiger partial charge in [-0.25, -0.2) is 4.79 Å². The molecule has 0 radical (unpaired) electrons. The van der Waals surface area contributed by atoms with Crippen LogP contribution in [0.25, 0.3) is 0 Å². The lowest BCUT2D eigenvalue weighted by molar-refractivity contribution is -0.119. The quantitative estimate of drug-likeness (QED) is 0.487. The van der Waals surface area contributed by atoms with E-state index >= 15 is 0 Å². The standard InChI is InChI=1S/C28H34O5/c1-2-12-28(13-5-14-28)26(30)21-8-4-7-20(16-21)25-23(10-11-24(25)29)18-33-17-19-6-3-9-22(15-19)27(31)32/h3-4,6-9,15-16,23,25-26,30H,2,5,10-14,17-18H2,1H3,(H,31,32). The molecule has 0 saturated heterocycles. The number of rotatable bonds is 10. The molecule has 2 aliphatic carbocycles. The van der Waals surface area contributed by atoms with Gasteiger partial charge in [-0.1, -0.05) is 56.2 Å². The number of carbonyl (C=O) groups excluding carboxylic acids is 1. The van der Waals surface area contributed by atoms with Crippen molar-refractivity contribution in [3.63, 3.8) is 0 Å². The van der Waals surface area contributed by atoms with E-state index in [1.165, 1.54) is 6.42 Å². The molecule has 0 amide bonds. The summed E-state index contributed by atoms with van der Waals surface area (Å²) in [5.74, 6) is -0.857. The number of aliphatic hydroxyl groups is 1. The Balaban J connectivity index is 1.44. The van der Waals surface area contributed by atoms with Crippen molar-refractivity contribution in [3.8, 4) is 0 Å². The molecule has 33 heavy (non-hydrogen) atoms. The Morgan fingerprint density at radius 3 is 2.67 bits per heavy atom. The van der Waals surface area contributed by atoms with Crippen LogP contribution in [0.2, 0.25) is 0 Å². The minimum absolute atomic E-state index is 0.0138. The van der Waals surface area contributed by atoms with Crippen molar-refractivity contribution in [3.05, 3.63) is 70.8 Å². The molecule has 2 aromatic rings. The first-order valence-electron chi connectivity index (χ1n) is 12.1. The summed E-state index contributed by atoms with van der Waals surface area (Å²) in [5, 5.41) is 20.4. The van der Waals surface area contributed by atoms with Gasteiger partial charge in [0.25, 0.3) is 0 Å². The predicted octanol–water partition coefficient (Wildman–Crippen LogP) is 5.67. The summed E-state index contributed by atoms with van der Waals surface area (Å²) < 4.78 is 5.93. The molecule has 0 aliphatic heterocycles. The predicted molar refractivity (Wildman–Crippen MR) is 126 cm³/mol. The molecule has 4 rings (SSSR count). The van der Waals surface area contributed by atoms with E-state index in [2.05, 4.69) is 6.92 Å². The van der Waals surface area contributed by atoms with Crippen LogP contribution in [0.3, 0.4) is 0 Å². The lowest BCUT2D eigenvalue weighted by atomic mass is 9.61. The van der Waals surface area contributed by atoms with E-state index in [-0.39, 0.29) is 28.6 Å². The number of carboxylic acids is 1. The van der Waals surface area contributed by atoms with Crippen molar-refractivity contribution in [1.29, 1.82) is 0 Å². The summed E-state index contributed by atoms with van der Waals surface area (Å²) >= 11 is 0. The van der Waals surface area contributed by atoms with E-state index in [1.54, 1.807) is 18.2 Å². The zero-order valence-corrected chi connectivity index (χ0v) is 19.3. The number of aromatic carboxylic acids is 1. The highest BCUT2D eigenvalue weighted by Gasteiger charge is 2.43. The molecule has 0 heterocycles. The number of ketones is 1. The second-order valence-corrected chi connectivity index (χ2v) is 9.80. The van der Waals surface area contributed by atoms with Crippen molar-refractivity contribution < 1.29 is 24.5 Å². The van der Waals surface area contributed by atoms with E-state index < -0.39 is 12.1 Å². The lowest BCUT2D eigenvalue weighted by Gasteiger charge is -2.46. The van der Waals surface area contributed by atoms with Gasteiger partial charge in [0.2, 0.25) is 0 Å². The molecule has 176 valence electrons. The summed E-state index contributed by atoms with van der Waals surface area (Å²) in [6, 6.07) is 14.7. The van der Waals surface area contributed by atoms with Crippen LogP contribution in [0.4, 0.5) is 0 Å². The lowest BCUT2D eigenvalue weighted by Crippen LogP contribution is -2.36. The largest absolute Gasteiger partial charge is 0.478 e. The fourth-order valence-electron chi connectivity index (χ4n) is 5.74. The van der Waals surface area contributed by atoms with Gasteiger partial charge in [-0.2, -0.15) is 0 Å². The van der Waals surface area contributed by atoms with Gasteiger partial charge >= 0.3 is 5.97 Å². The normalized spacial score (nSPS) is 22.7. The highest BCUT2D eigenvalue weighted by Crippen LogP contribution is 2.53. The van der Waals surface area contributed by atoms with Gasteiger partial charge in [0.15, 0.2) is 0 Å². The first-order valence-corrected chi connectivity index (χ1v) is 12.1. The van der Waals surface area contributed by atoms with E-state index in [4.69, 9.17) is 9.84 Å². The second kappa shape index (κ2) is 10.2. The first kappa shape index (κ1) is 23.7. The highest BCUT2D eigenvalue weighted by atomic mass is 16.5. The fraction of sp³-hybridized carbons (Fsp3) is 0.500. The molecule has 5 heteroatoms. The minimum atomic E-state index is -0.956. The fourth-order valence-corrected chi connectivity index (χ4v) is 5.74. The van der Waals surface area contributed by atoms with Crippen LogP contribution in [0.15, 0.2) is 48.5 Å². The van der Waals surface area contributed by atoms with Gasteiger partial charge in [0.05, 0.1) is 24.9 Å². The van der Waals surface area contributed by atoms with E-state index in [1.807, 2.05) is 30.3 Å². The molecule has 3 unspecified atom stereocenters. The number of carbonyl (C=O) groups is 2. The number of Topliss-reactive ketones (excluding diaryl/α,β-unsaturated/α-hetero) is 1. The Morgan fingerprint density at radius 2 is 1.97 bits per heavy atom. The minimum Gasteiger partial charge on any atom is -0.478 e. The van der Waals surface area contributed by atoms with Crippen LogP contribution in [-0.2, 0) is 16.1 Å². The zero-order valence-electron chi connectivity index (χ0n) is 19.3. The number of benzene rings is 2. The highest BCUT2D eigenvalue weighted by molar-refractivity contribution is 5.88. The average Bonchev–Trinajstić information content (AvgIpc) is 3.16. The molecule has 2 aliphatic rings. The molecule has 0 aromatic heterocycles. The number of carboxylic acid groups (broad SMARTS) is 1. The van der Waals surface area contributed by atoms with Crippen LogP contribution in [0.1, 0.15) is 90.9 Å². The Bertz CT molecular complexity index is 993. The van der Waals surface area contributed by atoms with Crippen LogP contribution < -0.4 is 0 Å². The Kier molecular flexibility index (Phi) is 7.30. The van der Waals surface area contributed by atoms with Gasteiger partial charge in [-0.3, -0.25) is 4.79 Å². The number of hydrogen-bond acceptors (Lipinski definition) is 4. The summed E-state index contributed by atoms with van der Waals surface area (Å²) in [5.41, 5.74) is 2.93. The zero-order chi connectivity index (χ0) is 23.4. The van der Waals surface area contributed by atoms with Crippen molar-refractivity contribution in [1.82, 2.24) is 0 Å². The van der Waals surface area contributed by atoms with Gasteiger partial charge < -0.3 is 14.9 Å². The average molecular weight is 451 g/mol. The van der Waals surface area contributed by atoms with Gasteiger partial charge in [0.1, 0.15) is 5.78 Å². The van der Waals surface area contributed by atoms with E-state index in [9.17, 15) is 14.7 Å². The number of ether oxygens (including phenoxy) is 1. The monoisotopic (exact) mass is 450 g/mol. The maximum Gasteiger partial charge on any atom is 0.335 e. The summed E-state index contributed by atoms with van der Waals surface area (Å²) in [6.45, 7) is 2.93. The molecule has 5 nitrogen and oxygen atoms in total. The van der Waals surface area contributed by atoms with Gasteiger partial charge in [0, 0.05) is 17.8 Å². The van der Waals surface area contributed by atoms with Crippen LogP contribution in [0.5, 0.6) is 0 Å². The Morgan fingerprint density at radius 1 is 1.18 bits per heavy atom. The van der Waals surface area contributed by atoms with Crippen molar-refractivity contribution in [2.45, 2.75) is 70.5 Å². The molecule has 2 N–H and O–H groups in total. The molecular weight excluding hydrogens is 416 g/mol. The summed E-state index contributed by atoms with van der Waals surface area (Å²) in [4.78, 5) is 24.0. The molecule has 2 fully saturated rings. The topological polar surface area (TPSA) is 83.8 Å². The van der Waals surface area contributed by atoms with Gasteiger partial charge in [-0.15, -0.1) is 0 Å². The van der Waals surface area contributed by atoms with Gasteiger partial charge in [-0.05, 0) is 60.4 Å². The molecule has 0 spiro atoms. The van der Waals surface area contributed by atoms with E-state index in [0.717, 1.165) is 48.8 Å². The van der Waals surface area contributed by atoms with E-state index in [0.29, 0.717) is 19.6 Å². The van der Waals surface area contributed by atoms with Crippen LogP contribution in [0, 0.1) is 11.3 Å². The SMILES string of the molecule is CCCC1(C(O)c2cccc(C3C(=O)CCC3COCc3cccc(C(=O)O)c3)c2)CCC1. The Labute approximate surface area is 195 Å². The number of aliphatic hydroxyl groups excluding tert-OH is 1. The van der Waals surface area contributed by atoms with Crippen molar-refractivity contribution in [2.24, 2.45) is 11.3 Å². The molecule has 2 aromatic carbocycles. The summed E-state index contributed by atoms with van der Waals surface area (Å²) in [7, 11) is 0. The third kappa shape index (κ3) is 5.04. The van der Waals surface area contributed by atoms with Crippen molar-refractivity contribution >= 4 is 11.8 Å². The maximum absolute atomic E-state index is 12.8. The molecule has 0 bridgehead atoms. The summed E-state index contributed by atoms with van der Waals surface area (Å²) in [6.07, 6.45) is 6.23. The maximum atomic E-state index is 12.8. The first-order chi connectivity index (χ1) is 15.9. The molecule has 3 atom stereocenters. The van der Waals surface area contributed by atoms with Crippen LogP contribution >= 0.6 is 0 Å². The van der Waals surface area contributed by atoms with Crippen LogP contribution in [-0.4, -0.2) is 28.6 Å². The molecular formula is C28H34O5.